The maximum Gasteiger partial charge on any atom is 0.339 e. The van der Waals surface area contributed by atoms with Crippen LogP contribution in [-0.2, 0) is 4.74 Å². The number of aromatic hydroxyl groups is 1. The molecule has 0 spiro atoms. The first-order valence-electron chi connectivity index (χ1n) is 5.32. The summed E-state index contributed by atoms with van der Waals surface area (Å²) in [5.41, 5.74) is 6.35. The van der Waals surface area contributed by atoms with E-state index in [0.29, 0.717) is 17.0 Å². The summed E-state index contributed by atoms with van der Waals surface area (Å²) in [6, 6.07) is 15.5. The van der Waals surface area contributed by atoms with Crippen molar-refractivity contribution in [1.82, 2.24) is 0 Å². The molecule has 2 aromatic carbocycles. The van der Waals surface area contributed by atoms with Gasteiger partial charge in [-0.1, -0.05) is 30.3 Å². The van der Waals surface area contributed by atoms with Crippen LogP contribution in [0.1, 0.15) is 10.4 Å². The second-order valence-corrected chi connectivity index (χ2v) is 3.41. The van der Waals surface area contributed by atoms with Crippen LogP contribution in [0.5, 0.6) is 5.75 Å². The van der Waals surface area contributed by atoms with Gasteiger partial charge in [0.2, 0.25) is 0 Å². The fourth-order valence-corrected chi connectivity index (χ4v) is 1.22. The topological polar surface area (TPSA) is 72.5 Å². The van der Waals surface area contributed by atoms with Crippen molar-refractivity contribution < 1.29 is 14.6 Å². The fourth-order valence-electron chi connectivity index (χ4n) is 1.22. The number of methoxy groups -OCH3 is 1. The summed E-state index contributed by atoms with van der Waals surface area (Å²) in [5.74, 6) is -0.0781. The zero-order valence-electron chi connectivity index (χ0n) is 10.0. The lowest BCUT2D eigenvalue weighted by molar-refractivity contribution is 0.0602. The van der Waals surface area contributed by atoms with Crippen LogP contribution in [0.2, 0.25) is 0 Å². The average molecular weight is 245 g/mol. The normalized spacial score (nSPS) is 8.94. The lowest BCUT2D eigenvalue weighted by Crippen LogP contribution is -2.04. The molecular weight excluding hydrogens is 230 g/mol. The number of phenols is 1. The Morgan fingerprint density at radius 1 is 1.06 bits per heavy atom. The Kier molecular flexibility index (Phi) is 5.25. The van der Waals surface area contributed by atoms with Crippen LogP contribution in [0.3, 0.4) is 0 Å². The number of nitrogens with two attached hydrogens (primary N) is 1. The number of ether oxygens (including phenoxy) is 1. The van der Waals surface area contributed by atoms with Crippen molar-refractivity contribution in [1.29, 1.82) is 0 Å². The van der Waals surface area contributed by atoms with Crippen molar-refractivity contribution in [3.63, 3.8) is 0 Å². The highest BCUT2D eigenvalue weighted by molar-refractivity contribution is 5.94. The summed E-state index contributed by atoms with van der Waals surface area (Å²) in [6.45, 7) is 0. The smallest absolute Gasteiger partial charge is 0.339 e. The maximum atomic E-state index is 10.9. The summed E-state index contributed by atoms with van der Waals surface area (Å²) < 4.78 is 4.50. The molecule has 2 rings (SSSR count). The first kappa shape index (κ1) is 13.6. The minimum atomic E-state index is -0.400. The third-order valence-corrected chi connectivity index (χ3v) is 2.12. The lowest BCUT2D eigenvalue weighted by atomic mass is 10.2. The van der Waals surface area contributed by atoms with Gasteiger partial charge in [-0.05, 0) is 24.3 Å². The summed E-state index contributed by atoms with van der Waals surface area (Å²) in [5, 5.41) is 8.63. The number of carbonyl (C=O) groups is 1. The first-order valence-corrected chi connectivity index (χ1v) is 5.32. The number of nitrogen functional groups attached to an aromatic ring is 1. The highest BCUT2D eigenvalue weighted by atomic mass is 16.5. The number of carbonyl (C=O) groups excluding carboxylic acids is 1. The van der Waals surface area contributed by atoms with Gasteiger partial charge in [-0.15, -0.1) is 0 Å². The molecule has 2 aromatic rings. The van der Waals surface area contributed by atoms with E-state index in [2.05, 4.69) is 4.74 Å². The molecule has 0 saturated heterocycles. The zero-order valence-corrected chi connectivity index (χ0v) is 10.0. The molecule has 0 aliphatic rings. The molecular formula is C14H15NO3. The Bertz CT molecular complexity index is 497. The summed E-state index contributed by atoms with van der Waals surface area (Å²) in [6.07, 6.45) is 0. The van der Waals surface area contributed by atoms with Gasteiger partial charge in [-0.2, -0.15) is 0 Å². The van der Waals surface area contributed by atoms with E-state index in [-0.39, 0.29) is 0 Å². The van der Waals surface area contributed by atoms with Gasteiger partial charge >= 0.3 is 5.97 Å². The minimum absolute atomic E-state index is 0.322. The molecule has 0 aliphatic carbocycles. The first-order chi connectivity index (χ1) is 8.65. The molecule has 94 valence electrons. The van der Waals surface area contributed by atoms with Gasteiger partial charge in [0.05, 0.1) is 12.7 Å². The van der Waals surface area contributed by atoms with E-state index < -0.39 is 5.97 Å². The number of phenolic OH excluding ortho intramolecular Hbond substituents is 1. The van der Waals surface area contributed by atoms with E-state index >= 15 is 0 Å². The molecule has 4 nitrogen and oxygen atoms in total. The van der Waals surface area contributed by atoms with Crippen LogP contribution < -0.4 is 5.73 Å². The van der Waals surface area contributed by atoms with E-state index in [1.54, 1.807) is 48.5 Å². The van der Waals surface area contributed by atoms with E-state index in [1.165, 1.54) is 7.11 Å². The number of hydrogen-bond donors (Lipinski definition) is 2. The van der Waals surface area contributed by atoms with Gasteiger partial charge in [0.1, 0.15) is 5.75 Å². The van der Waals surface area contributed by atoms with Gasteiger partial charge < -0.3 is 15.6 Å². The van der Waals surface area contributed by atoms with Crippen LogP contribution in [0.4, 0.5) is 5.69 Å². The Labute approximate surface area is 106 Å². The molecule has 0 unspecified atom stereocenters. The molecule has 0 atom stereocenters. The monoisotopic (exact) mass is 245 g/mol. The number of anilines is 1. The van der Waals surface area contributed by atoms with E-state index in [0.717, 1.165) is 0 Å². The molecule has 0 amide bonds. The van der Waals surface area contributed by atoms with Crippen molar-refractivity contribution in [3.8, 4) is 5.75 Å². The molecule has 0 aromatic heterocycles. The molecule has 0 saturated carbocycles. The van der Waals surface area contributed by atoms with Crippen molar-refractivity contribution >= 4 is 11.7 Å². The van der Waals surface area contributed by atoms with Crippen LogP contribution in [0, 0.1) is 0 Å². The van der Waals surface area contributed by atoms with Crippen LogP contribution in [0.25, 0.3) is 0 Å². The van der Waals surface area contributed by atoms with Gasteiger partial charge in [0.15, 0.2) is 0 Å². The quantitative estimate of drug-likeness (QED) is 0.598. The Morgan fingerprint density at radius 2 is 1.61 bits per heavy atom. The predicted octanol–water partition coefficient (Wildman–Crippen LogP) is 2.45. The van der Waals surface area contributed by atoms with Crippen molar-refractivity contribution in [2.24, 2.45) is 0 Å². The molecule has 4 heteroatoms. The van der Waals surface area contributed by atoms with Crippen LogP contribution >= 0.6 is 0 Å². The summed E-state index contributed by atoms with van der Waals surface area (Å²) in [7, 11) is 1.33. The standard InChI is InChI=1S/C8H9NO2.C6H6O/c1-11-8(10)6-4-2-3-5-7(6)9;7-6-4-2-1-3-5-6/h2-5H,9H2,1H3;1-5,7H. The average Bonchev–Trinajstić information content (AvgIpc) is 2.40. The SMILES string of the molecule is COC(=O)c1ccccc1N.Oc1ccccc1. The molecule has 0 bridgehead atoms. The lowest BCUT2D eigenvalue weighted by Gasteiger charge is -2.00. The molecule has 0 fully saturated rings. The van der Waals surface area contributed by atoms with E-state index in [1.807, 2.05) is 6.07 Å². The van der Waals surface area contributed by atoms with Gasteiger partial charge in [-0.3, -0.25) is 0 Å². The second kappa shape index (κ2) is 6.96. The Balaban J connectivity index is 0.000000199. The summed E-state index contributed by atoms with van der Waals surface area (Å²) >= 11 is 0. The fraction of sp³-hybridized carbons (Fsp3) is 0.0714. The van der Waals surface area contributed by atoms with Crippen LogP contribution in [0.15, 0.2) is 54.6 Å². The van der Waals surface area contributed by atoms with E-state index in [4.69, 9.17) is 10.8 Å². The third kappa shape index (κ3) is 4.17. The molecule has 0 heterocycles. The zero-order chi connectivity index (χ0) is 13.4. The minimum Gasteiger partial charge on any atom is -0.508 e. The number of esters is 1. The number of hydrogen-bond acceptors (Lipinski definition) is 4. The maximum absolute atomic E-state index is 10.9. The Hall–Kier alpha value is -2.49. The van der Waals surface area contributed by atoms with Crippen LogP contribution in [-0.4, -0.2) is 18.2 Å². The predicted molar refractivity (Wildman–Crippen MR) is 70.3 cm³/mol. The van der Waals surface area contributed by atoms with E-state index in [9.17, 15) is 4.79 Å². The summed E-state index contributed by atoms with van der Waals surface area (Å²) in [4.78, 5) is 10.9. The number of rotatable bonds is 1. The number of para-hydroxylation sites is 2. The Morgan fingerprint density at radius 3 is 2.06 bits per heavy atom. The highest BCUT2D eigenvalue weighted by Gasteiger charge is 2.06. The number of benzene rings is 2. The second-order valence-electron chi connectivity index (χ2n) is 3.41. The third-order valence-electron chi connectivity index (χ3n) is 2.12. The largest absolute Gasteiger partial charge is 0.508 e. The molecule has 0 aliphatic heterocycles. The van der Waals surface area contributed by atoms with Crippen molar-refractivity contribution in [2.45, 2.75) is 0 Å². The van der Waals surface area contributed by atoms with Gasteiger partial charge in [-0.25, -0.2) is 4.79 Å². The molecule has 3 N–H and O–H groups in total. The molecule has 0 radical (unpaired) electrons. The highest BCUT2D eigenvalue weighted by Crippen LogP contribution is 2.10. The van der Waals surface area contributed by atoms with Crippen molar-refractivity contribution in [3.05, 3.63) is 60.2 Å². The van der Waals surface area contributed by atoms with Gasteiger partial charge in [0, 0.05) is 5.69 Å². The van der Waals surface area contributed by atoms with Crippen molar-refractivity contribution in [2.75, 3.05) is 12.8 Å². The molecule has 18 heavy (non-hydrogen) atoms. The van der Waals surface area contributed by atoms with Gasteiger partial charge in [0.25, 0.3) is 0 Å².